The van der Waals surface area contributed by atoms with Crippen LogP contribution >= 0.6 is 12.2 Å². The fourth-order valence-corrected chi connectivity index (χ4v) is 4.63. The summed E-state index contributed by atoms with van der Waals surface area (Å²) < 4.78 is 11.1. The predicted octanol–water partition coefficient (Wildman–Crippen LogP) is 3.61. The Labute approximate surface area is 187 Å². The third-order valence-corrected chi connectivity index (χ3v) is 6.55. The molecule has 2 aromatic carbocycles. The largest absolute Gasteiger partial charge is 0.493 e. The van der Waals surface area contributed by atoms with Gasteiger partial charge in [0.05, 0.1) is 25.8 Å². The Bertz CT molecular complexity index is 1230. The van der Waals surface area contributed by atoms with Crippen LogP contribution in [0, 0.1) is 13.8 Å². The second kappa shape index (κ2) is 8.23. The smallest absolute Gasteiger partial charge is 0.254 e. The molecule has 0 unspecified atom stereocenters. The predicted molar refractivity (Wildman–Crippen MR) is 127 cm³/mol. The van der Waals surface area contributed by atoms with E-state index in [0.717, 1.165) is 39.6 Å². The molecule has 1 aliphatic heterocycles. The Kier molecular flexibility index (Phi) is 5.62. The number of ether oxygens (including phenoxy) is 2. The van der Waals surface area contributed by atoms with E-state index < -0.39 is 0 Å². The topological polar surface area (TPSA) is 66.6 Å². The van der Waals surface area contributed by atoms with Gasteiger partial charge in [0, 0.05) is 24.5 Å². The molecule has 7 heteroatoms. The van der Waals surface area contributed by atoms with Gasteiger partial charge in [-0.15, -0.1) is 0 Å². The van der Waals surface area contributed by atoms with Crippen LogP contribution in [0.1, 0.15) is 33.9 Å². The summed E-state index contributed by atoms with van der Waals surface area (Å²) >= 11 is 5.62. The fourth-order valence-electron chi connectivity index (χ4n) is 4.44. The Hall–Kier alpha value is -3.06. The van der Waals surface area contributed by atoms with Crippen molar-refractivity contribution < 1.29 is 9.47 Å². The number of pyridine rings is 1. The lowest BCUT2D eigenvalue weighted by atomic mass is 9.87. The standard InChI is InChI=1S/C24H27N3O3S/c1-13-6-7-14(2)21-16(13)11-18(23(28)26-21)22-17-12-20(30-5)19(29-4)10-15(17)8-9-27(22)24(31)25-3/h6-7,10-12,22H,8-9H2,1-5H3,(H,25,31)(H,26,28)/t22-/m0/s1. The van der Waals surface area contributed by atoms with Crippen molar-refractivity contribution in [2.75, 3.05) is 27.8 Å². The maximum Gasteiger partial charge on any atom is 0.254 e. The van der Waals surface area contributed by atoms with Gasteiger partial charge in [0.1, 0.15) is 0 Å². The van der Waals surface area contributed by atoms with E-state index in [1.807, 2.05) is 38.2 Å². The summed E-state index contributed by atoms with van der Waals surface area (Å²) in [5.41, 5.74) is 5.70. The van der Waals surface area contributed by atoms with Gasteiger partial charge in [-0.05, 0) is 72.9 Å². The van der Waals surface area contributed by atoms with Crippen LogP contribution < -0.4 is 20.3 Å². The summed E-state index contributed by atoms with van der Waals surface area (Å²) in [4.78, 5) is 18.5. The summed E-state index contributed by atoms with van der Waals surface area (Å²) in [6.45, 7) is 4.76. The summed E-state index contributed by atoms with van der Waals surface area (Å²) in [7, 11) is 5.06. The van der Waals surface area contributed by atoms with Crippen molar-refractivity contribution in [1.29, 1.82) is 0 Å². The number of nitrogens with one attached hydrogen (secondary N) is 2. The summed E-state index contributed by atoms with van der Waals surface area (Å²) in [5, 5.41) is 4.72. The van der Waals surface area contributed by atoms with Crippen LogP contribution in [0.15, 0.2) is 35.1 Å². The minimum Gasteiger partial charge on any atom is -0.493 e. The first-order chi connectivity index (χ1) is 14.9. The molecule has 0 saturated heterocycles. The second-order valence-corrected chi connectivity index (χ2v) is 8.24. The van der Waals surface area contributed by atoms with E-state index in [4.69, 9.17) is 21.7 Å². The molecular weight excluding hydrogens is 410 g/mol. The van der Waals surface area contributed by atoms with Crippen LogP contribution in [-0.2, 0) is 6.42 Å². The lowest BCUT2D eigenvalue weighted by Gasteiger charge is -2.39. The SMILES string of the molecule is CNC(=S)N1CCc2cc(OC)c(OC)cc2[C@H]1c1cc2c(C)ccc(C)c2[nH]c1=O. The van der Waals surface area contributed by atoms with Gasteiger partial charge in [-0.3, -0.25) is 4.79 Å². The molecule has 0 bridgehead atoms. The number of H-pyrrole nitrogens is 1. The normalized spacial score (nSPS) is 15.5. The maximum atomic E-state index is 13.3. The third kappa shape index (κ3) is 3.53. The number of hydrogen-bond acceptors (Lipinski definition) is 4. The van der Waals surface area contributed by atoms with Gasteiger partial charge in [-0.2, -0.15) is 0 Å². The molecule has 31 heavy (non-hydrogen) atoms. The average Bonchev–Trinajstić information content (AvgIpc) is 2.79. The highest BCUT2D eigenvalue weighted by Gasteiger charge is 2.33. The molecule has 2 heterocycles. The van der Waals surface area contributed by atoms with Crippen molar-refractivity contribution in [2.24, 2.45) is 0 Å². The average molecular weight is 438 g/mol. The Morgan fingerprint density at radius 1 is 1.10 bits per heavy atom. The molecule has 2 N–H and O–H groups in total. The van der Waals surface area contributed by atoms with Gasteiger partial charge in [0.2, 0.25) is 0 Å². The molecule has 162 valence electrons. The lowest BCUT2D eigenvalue weighted by molar-refractivity contribution is 0.324. The van der Waals surface area contributed by atoms with E-state index in [9.17, 15) is 4.79 Å². The lowest BCUT2D eigenvalue weighted by Crippen LogP contribution is -2.46. The van der Waals surface area contributed by atoms with Gasteiger partial charge in [0.25, 0.3) is 5.56 Å². The van der Waals surface area contributed by atoms with Gasteiger partial charge < -0.3 is 24.7 Å². The highest BCUT2D eigenvalue weighted by atomic mass is 32.1. The number of rotatable bonds is 3. The molecule has 3 aromatic rings. The van der Waals surface area contributed by atoms with E-state index >= 15 is 0 Å². The van der Waals surface area contributed by atoms with Gasteiger partial charge in [-0.1, -0.05) is 12.1 Å². The van der Waals surface area contributed by atoms with Crippen LogP contribution in [-0.4, -0.2) is 42.8 Å². The molecular formula is C24H27N3O3S. The maximum absolute atomic E-state index is 13.3. The van der Waals surface area contributed by atoms with Crippen molar-refractivity contribution >= 4 is 28.2 Å². The van der Waals surface area contributed by atoms with Crippen molar-refractivity contribution in [2.45, 2.75) is 26.3 Å². The first kappa shape index (κ1) is 21.2. The van der Waals surface area contributed by atoms with Gasteiger partial charge in [-0.25, -0.2) is 0 Å². The first-order valence-electron chi connectivity index (χ1n) is 10.3. The van der Waals surface area contributed by atoms with E-state index in [1.165, 1.54) is 0 Å². The second-order valence-electron chi connectivity index (χ2n) is 7.85. The van der Waals surface area contributed by atoms with Crippen LogP contribution in [0.3, 0.4) is 0 Å². The zero-order chi connectivity index (χ0) is 22.3. The van der Waals surface area contributed by atoms with Crippen LogP contribution in [0.2, 0.25) is 0 Å². The number of aryl methyl sites for hydroxylation is 2. The highest BCUT2D eigenvalue weighted by molar-refractivity contribution is 7.80. The number of aromatic nitrogens is 1. The molecule has 0 radical (unpaired) electrons. The first-order valence-corrected chi connectivity index (χ1v) is 10.7. The summed E-state index contributed by atoms with van der Waals surface area (Å²) in [6.07, 6.45) is 0.789. The fraction of sp³-hybridized carbons (Fsp3) is 0.333. The minimum absolute atomic E-state index is 0.113. The molecule has 0 amide bonds. The van der Waals surface area contributed by atoms with Crippen LogP contribution in [0.4, 0.5) is 0 Å². The van der Waals surface area contributed by atoms with E-state index in [-0.39, 0.29) is 11.6 Å². The minimum atomic E-state index is -0.337. The van der Waals surface area contributed by atoms with Gasteiger partial charge >= 0.3 is 0 Å². The Morgan fingerprint density at radius 2 is 1.77 bits per heavy atom. The molecule has 6 nitrogen and oxygen atoms in total. The molecule has 4 rings (SSSR count). The number of thiocarbonyl (C=S) groups is 1. The Morgan fingerprint density at radius 3 is 2.45 bits per heavy atom. The molecule has 1 aliphatic rings. The monoisotopic (exact) mass is 437 g/mol. The van der Waals surface area contributed by atoms with E-state index in [2.05, 4.69) is 28.2 Å². The zero-order valence-electron chi connectivity index (χ0n) is 18.5. The number of benzene rings is 2. The quantitative estimate of drug-likeness (QED) is 0.610. The number of aromatic amines is 1. The van der Waals surface area contributed by atoms with Crippen molar-refractivity contribution in [3.05, 3.63) is 68.5 Å². The molecule has 1 atom stereocenters. The molecule has 1 aromatic heterocycles. The van der Waals surface area contributed by atoms with Crippen molar-refractivity contribution in [1.82, 2.24) is 15.2 Å². The molecule has 0 aliphatic carbocycles. The molecule has 0 spiro atoms. The van der Waals surface area contributed by atoms with Crippen LogP contribution in [0.25, 0.3) is 10.9 Å². The number of hydrogen-bond donors (Lipinski definition) is 2. The number of methoxy groups -OCH3 is 2. The molecule has 0 saturated carbocycles. The molecule has 0 fully saturated rings. The summed E-state index contributed by atoms with van der Waals surface area (Å²) in [5.74, 6) is 1.32. The van der Waals surface area contributed by atoms with E-state index in [0.29, 0.717) is 28.7 Å². The van der Waals surface area contributed by atoms with Crippen molar-refractivity contribution in [3.63, 3.8) is 0 Å². The highest BCUT2D eigenvalue weighted by Crippen LogP contribution is 2.40. The van der Waals surface area contributed by atoms with Crippen LogP contribution in [0.5, 0.6) is 11.5 Å². The van der Waals surface area contributed by atoms with Crippen molar-refractivity contribution in [3.8, 4) is 11.5 Å². The summed E-state index contributed by atoms with van der Waals surface area (Å²) in [6, 6.07) is 9.76. The van der Waals surface area contributed by atoms with E-state index in [1.54, 1.807) is 14.2 Å². The number of nitrogens with zero attached hydrogens (tertiary/aromatic N) is 1. The Balaban J connectivity index is 2.00. The third-order valence-electron chi connectivity index (χ3n) is 6.12. The zero-order valence-corrected chi connectivity index (χ0v) is 19.3. The van der Waals surface area contributed by atoms with Gasteiger partial charge in [0.15, 0.2) is 16.6 Å². The number of fused-ring (bicyclic) bond motifs is 2.